The fraction of sp³-hybridized carbons (Fsp3) is 0.304. The Hall–Kier alpha value is -3.62. The van der Waals surface area contributed by atoms with Gasteiger partial charge in [-0.25, -0.2) is 18.4 Å². The zero-order chi connectivity index (χ0) is 23.3. The van der Waals surface area contributed by atoms with Gasteiger partial charge in [-0.3, -0.25) is 4.79 Å². The van der Waals surface area contributed by atoms with Gasteiger partial charge in [-0.05, 0) is 30.9 Å². The van der Waals surface area contributed by atoms with Gasteiger partial charge in [0.1, 0.15) is 23.7 Å². The number of nitrogens with one attached hydrogen (secondary N) is 1. The van der Waals surface area contributed by atoms with Gasteiger partial charge >= 0.3 is 0 Å². The monoisotopic (exact) mass is 443 g/mol. The van der Waals surface area contributed by atoms with Gasteiger partial charge in [0.15, 0.2) is 0 Å². The Morgan fingerprint density at radius 1 is 1.19 bits per heavy atom. The smallest absolute Gasteiger partial charge is 0.288 e. The third-order valence-electron chi connectivity index (χ3n) is 4.56. The molecule has 0 saturated heterocycles. The number of nitrogens with two attached hydrogens (primary N) is 1. The number of hydrogen-bond acceptors (Lipinski definition) is 5. The van der Waals surface area contributed by atoms with Crippen molar-refractivity contribution in [2.75, 3.05) is 12.4 Å². The van der Waals surface area contributed by atoms with Gasteiger partial charge < -0.3 is 15.8 Å². The van der Waals surface area contributed by atoms with Gasteiger partial charge in [0.25, 0.3) is 5.91 Å². The lowest BCUT2D eigenvalue weighted by molar-refractivity contribution is -0.107. The van der Waals surface area contributed by atoms with E-state index in [0.29, 0.717) is 30.5 Å². The van der Waals surface area contributed by atoms with E-state index in [0.717, 1.165) is 37.6 Å². The van der Waals surface area contributed by atoms with Crippen LogP contribution in [0.5, 0.6) is 0 Å². The second kappa shape index (κ2) is 12.9. The number of benzene rings is 2. The number of halogens is 2. The van der Waals surface area contributed by atoms with Crippen LogP contribution in [0.25, 0.3) is 0 Å². The molecule has 0 spiro atoms. The summed E-state index contributed by atoms with van der Waals surface area (Å²) in [5.41, 5.74) is 5.87. The highest BCUT2D eigenvalue weighted by Crippen LogP contribution is 2.22. The third kappa shape index (κ3) is 7.57. The Labute approximate surface area is 185 Å². The Morgan fingerprint density at radius 2 is 1.84 bits per heavy atom. The lowest BCUT2D eigenvalue weighted by Gasteiger charge is -2.09. The minimum Gasteiger partial charge on any atom is -0.386 e. The van der Waals surface area contributed by atoms with Gasteiger partial charge in [-0.15, -0.1) is 5.10 Å². The van der Waals surface area contributed by atoms with Crippen LogP contribution in [0.15, 0.2) is 48.5 Å². The molecule has 3 aromatic rings. The summed E-state index contributed by atoms with van der Waals surface area (Å²) in [5, 5.41) is 6.61. The average molecular weight is 443 g/mol. The van der Waals surface area contributed by atoms with Gasteiger partial charge in [0.05, 0.1) is 5.69 Å². The molecule has 0 saturated carbocycles. The van der Waals surface area contributed by atoms with Crippen LogP contribution < -0.4 is 11.1 Å². The Morgan fingerprint density at radius 3 is 2.38 bits per heavy atom. The molecule has 0 atom stereocenters. The average Bonchev–Trinajstić information content (AvgIpc) is 3.39. The number of aromatic nitrogens is 3. The summed E-state index contributed by atoms with van der Waals surface area (Å²) < 4.78 is 27.9. The Kier molecular flexibility index (Phi) is 9.96. The molecule has 2 aromatic carbocycles. The maximum atomic E-state index is 13.2. The van der Waals surface area contributed by atoms with E-state index in [4.69, 9.17) is 5.73 Å². The molecule has 32 heavy (non-hydrogen) atoms. The fourth-order valence-corrected chi connectivity index (χ4v) is 3.09. The number of primary amides is 1. The molecule has 1 aliphatic heterocycles. The number of fused-ring (bicyclic) bond motifs is 1. The number of anilines is 1. The number of aldehydes is 1. The minimum absolute atomic E-state index is 0.139. The lowest BCUT2D eigenvalue weighted by atomic mass is 10.1. The second-order valence-electron chi connectivity index (χ2n) is 6.93. The van der Waals surface area contributed by atoms with Crippen molar-refractivity contribution >= 4 is 17.9 Å². The zero-order valence-electron chi connectivity index (χ0n) is 17.9. The highest BCUT2D eigenvalue weighted by atomic mass is 19.1. The second-order valence-corrected chi connectivity index (χ2v) is 6.93. The number of unbranched alkanes of at least 4 members (excludes halogenated alkanes) is 1. The van der Waals surface area contributed by atoms with E-state index in [9.17, 15) is 18.4 Å². The van der Waals surface area contributed by atoms with Crippen molar-refractivity contribution in [1.82, 2.24) is 14.8 Å². The van der Waals surface area contributed by atoms with Gasteiger partial charge in [-0.2, -0.15) is 0 Å². The van der Waals surface area contributed by atoms with Crippen molar-refractivity contribution in [1.29, 1.82) is 0 Å². The molecule has 0 radical (unpaired) electrons. The molecule has 170 valence electrons. The van der Waals surface area contributed by atoms with E-state index in [2.05, 4.69) is 15.4 Å². The molecule has 7 nitrogen and oxygen atoms in total. The molecule has 9 heteroatoms. The first kappa shape index (κ1) is 24.6. The van der Waals surface area contributed by atoms with Crippen molar-refractivity contribution in [2.45, 2.75) is 38.6 Å². The maximum Gasteiger partial charge on any atom is 0.288 e. The van der Waals surface area contributed by atoms with Crippen LogP contribution in [0.1, 0.15) is 41.3 Å². The van der Waals surface area contributed by atoms with Gasteiger partial charge in [0.2, 0.25) is 5.82 Å². The van der Waals surface area contributed by atoms with Crippen LogP contribution in [0, 0.1) is 11.6 Å². The van der Waals surface area contributed by atoms with Gasteiger partial charge in [-0.1, -0.05) is 36.4 Å². The van der Waals surface area contributed by atoms with Crippen LogP contribution in [0.3, 0.4) is 0 Å². The summed E-state index contributed by atoms with van der Waals surface area (Å²) in [6.45, 7) is 0.857. The third-order valence-corrected chi connectivity index (χ3v) is 4.56. The first-order valence-electron chi connectivity index (χ1n) is 10.3. The summed E-state index contributed by atoms with van der Waals surface area (Å²) in [6.07, 6.45) is 4.26. The fourth-order valence-electron chi connectivity index (χ4n) is 3.09. The summed E-state index contributed by atoms with van der Waals surface area (Å²) in [4.78, 5) is 24.7. The maximum absolute atomic E-state index is 13.2. The van der Waals surface area contributed by atoms with E-state index >= 15 is 0 Å². The number of nitrogens with zero attached hydrogens (tertiary/aromatic N) is 3. The minimum atomic E-state index is -0.599. The highest BCUT2D eigenvalue weighted by molar-refractivity contribution is 5.88. The number of rotatable bonds is 6. The highest BCUT2D eigenvalue weighted by Gasteiger charge is 2.17. The topological polar surface area (TPSA) is 103 Å². The van der Waals surface area contributed by atoms with Crippen molar-refractivity contribution in [2.24, 2.45) is 5.73 Å². The predicted octanol–water partition coefficient (Wildman–Crippen LogP) is 3.54. The SMILES string of the molecule is CNc1c(F)cc(F)cc1CCCC=O.NC(=O)c1nc2n(n1)CCC2.c1ccccc1. The normalized spacial score (nSPS) is 11.3. The summed E-state index contributed by atoms with van der Waals surface area (Å²) in [7, 11) is 1.58. The van der Waals surface area contributed by atoms with Crippen LogP contribution in [-0.2, 0) is 24.2 Å². The number of hydrogen-bond donors (Lipinski definition) is 2. The van der Waals surface area contributed by atoms with Crippen LogP contribution in [0.2, 0.25) is 0 Å². The van der Waals surface area contributed by atoms with Crippen molar-refractivity contribution < 1.29 is 18.4 Å². The molecule has 1 aliphatic rings. The molecule has 0 unspecified atom stereocenters. The van der Waals surface area contributed by atoms with Crippen LogP contribution >= 0.6 is 0 Å². The molecule has 1 aromatic heterocycles. The molecule has 0 fully saturated rings. The van der Waals surface area contributed by atoms with Crippen LogP contribution in [-0.4, -0.2) is 34.0 Å². The first-order chi connectivity index (χ1) is 15.5. The molecule has 4 rings (SSSR count). The number of carbonyl (C=O) groups excluding carboxylic acids is 2. The Bertz CT molecular complexity index is 961. The van der Waals surface area contributed by atoms with Crippen molar-refractivity contribution in [3.63, 3.8) is 0 Å². The van der Waals surface area contributed by atoms with E-state index < -0.39 is 17.5 Å². The van der Waals surface area contributed by atoms with Crippen LogP contribution in [0.4, 0.5) is 14.5 Å². The molecular formula is C23H27F2N5O2. The van der Waals surface area contributed by atoms with Crippen molar-refractivity contribution in [3.05, 3.63) is 77.4 Å². The lowest BCUT2D eigenvalue weighted by Crippen LogP contribution is -2.13. The molecule has 2 heterocycles. The number of amides is 1. The molecule has 3 N–H and O–H groups in total. The standard InChI is InChI=1S/C11H13F2NO.C6H8N4O.C6H6/c1-14-11-8(4-2-3-5-15)6-9(12)7-10(11)13;7-5(11)6-8-4-2-1-3-10(4)9-6;1-2-4-6-5-3-1/h5-7,14H,2-4H2,1H3;1-3H2,(H2,7,11);1-6H. The summed E-state index contributed by atoms with van der Waals surface area (Å²) in [6, 6.07) is 14.1. The number of aryl methyl sites for hydroxylation is 3. The molecule has 1 amide bonds. The summed E-state index contributed by atoms with van der Waals surface area (Å²) >= 11 is 0. The summed E-state index contributed by atoms with van der Waals surface area (Å²) in [5.74, 6) is -0.725. The molecule has 0 aliphatic carbocycles. The van der Waals surface area contributed by atoms with Crippen molar-refractivity contribution in [3.8, 4) is 0 Å². The quantitative estimate of drug-likeness (QED) is 0.448. The van der Waals surface area contributed by atoms with E-state index in [1.54, 1.807) is 11.7 Å². The zero-order valence-corrected chi connectivity index (χ0v) is 17.9. The molecule has 0 bridgehead atoms. The molecular weight excluding hydrogens is 416 g/mol. The van der Waals surface area contributed by atoms with E-state index in [1.807, 2.05) is 36.4 Å². The predicted molar refractivity (Wildman–Crippen MR) is 118 cm³/mol. The van der Waals surface area contributed by atoms with E-state index in [-0.39, 0.29) is 5.82 Å². The first-order valence-corrected chi connectivity index (χ1v) is 10.3. The largest absolute Gasteiger partial charge is 0.386 e. The van der Waals surface area contributed by atoms with Gasteiger partial charge in [0, 0.05) is 32.5 Å². The van der Waals surface area contributed by atoms with E-state index in [1.165, 1.54) is 6.07 Å². The Balaban J connectivity index is 0.000000185. The number of carbonyl (C=O) groups is 2.